The van der Waals surface area contributed by atoms with Gasteiger partial charge in [0.15, 0.2) is 0 Å². The van der Waals surface area contributed by atoms with Gasteiger partial charge in [-0.3, -0.25) is 0 Å². The van der Waals surface area contributed by atoms with Crippen LogP contribution in [0.3, 0.4) is 0 Å². The van der Waals surface area contributed by atoms with E-state index in [0.29, 0.717) is 10.7 Å². The van der Waals surface area contributed by atoms with E-state index in [1.165, 1.54) is 0 Å². The monoisotopic (exact) mass is 334 g/mol. The fourth-order valence-electron chi connectivity index (χ4n) is 1.98. The Hall–Kier alpha value is -1.65. The fourth-order valence-corrected chi connectivity index (χ4v) is 2.57. The molecular weight excluding hydrogens is 328 g/mol. The normalized spacial score (nSPS) is 10.8. The lowest BCUT2D eigenvalue weighted by molar-refractivity contribution is 1.12. The summed E-state index contributed by atoms with van der Waals surface area (Å²) in [4.78, 5) is 18.4. The van der Waals surface area contributed by atoms with Crippen molar-refractivity contribution >= 4 is 38.4 Å². The molecule has 0 aliphatic heterocycles. The second kappa shape index (κ2) is 4.79. The van der Waals surface area contributed by atoms with E-state index in [4.69, 9.17) is 11.6 Å². The molecule has 0 amide bonds. The lowest BCUT2D eigenvalue weighted by Gasteiger charge is -2.07. The van der Waals surface area contributed by atoms with Crippen LogP contribution in [0.1, 0.15) is 0 Å². The van der Waals surface area contributed by atoms with Crippen LogP contribution in [0, 0.1) is 0 Å². The largest absolute Gasteiger partial charge is 0.345 e. The number of fused-ring (bicyclic) bond motifs is 1. The van der Waals surface area contributed by atoms with Gasteiger partial charge in [-0.15, -0.1) is 0 Å². The van der Waals surface area contributed by atoms with Gasteiger partial charge < -0.3 is 4.98 Å². The summed E-state index contributed by atoms with van der Waals surface area (Å²) in [5.74, 6) is 0. The highest BCUT2D eigenvalue weighted by atomic mass is 79.9. The quantitative estimate of drug-likeness (QED) is 0.730. The Kier molecular flexibility index (Phi) is 3.12. The van der Waals surface area contributed by atoms with Crippen LogP contribution in [-0.2, 0) is 0 Å². The number of hydrogen-bond acceptors (Lipinski definition) is 2. The minimum atomic E-state index is -0.384. The van der Waals surface area contributed by atoms with Crippen LogP contribution in [0.15, 0.2) is 51.7 Å². The summed E-state index contributed by atoms with van der Waals surface area (Å²) in [5, 5.41) is 1.42. The zero-order valence-corrected chi connectivity index (χ0v) is 12.0. The molecule has 2 aromatic carbocycles. The molecule has 3 nitrogen and oxygen atoms in total. The van der Waals surface area contributed by atoms with E-state index >= 15 is 0 Å². The van der Waals surface area contributed by atoms with Gasteiger partial charge >= 0.3 is 5.69 Å². The molecule has 1 heterocycles. The van der Waals surface area contributed by atoms with Crippen molar-refractivity contribution in [2.45, 2.75) is 0 Å². The molecule has 0 bridgehead atoms. The van der Waals surface area contributed by atoms with Crippen LogP contribution in [0.2, 0.25) is 5.02 Å². The van der Waals surface area contributed by atoms with Crippen LogP contribution in [-0.4, -0.2) is 9.97 Å². The number of benzene rings is 2. The van der Waals surface area contributed by atoms with Gasteiger partial charge in [0.05, 0.1) is 11.2 Å². The molecule has 94 valence electrons. The first kappa shape index (κ1) is 12.4. The van der Waals surface area contributed by atoms with E-state index in [1.54, 1.807) is 6.07 Å². The Balaban J connectivity index is 2.43. The third-order valence-electron chi connectivity index (χ3n) is 2.82. The van der Waals surface area contributed by atoms with Crippen molar-refractivity contribution in [1.29, 1.82) is 0 Å². The molecule has 0 saturated heterocycles. The molecule has 0 atom stereocenters. The van der Waals surface area contributed by atoms with Crippen molar-refractivity contribution in [1.82, 2.24) is 9.97 Å². The molecule has 3 aromatic rings. The van der Waals surface area contributed by atoms with Crippen LogP contribution < -0.4 is 5.69 Å². The number of H-pyrrole nitrogens is 1. The van der Waals surface area contributed by atoms with Gasteiger partial charge in [-0.2, -0.15) is 4.98 Å². The Labute approximate surface area is 122 Å². The average molecular weight is 336 g/mol. The van der Waals surface area contributed by atoms with Crippen LogP contribution in [0.4, 0.5) is 0 Å². The number of aromatic amines is 1. The maximum atomic E-state index is 11.7. The van der Waals surface area contributed by atoms with Gasteiger partial charge in [-0.05, 0) is 24.3 Å². The van der Waals surface area contributed by atoms with Crippen LogP contribution in [0.5, 0.6) is 0 Å². The van der Waals surface area contributed by atoms with Crippen molar-refractivity contribution < 1.29 is 0 Å². The molecule has 0 saturated carbocycles. The second-order valence-corrected chi connectivity index (χ2v) is 5.38. The van der Waals surface area contributed by atoms with Gasteiger partial charge in [0.25, 0.3) is 0 Å². The summed E-state index contributed by atoms with van der Waals surface area (Å²) in [6.07, 6.45) is 0. The topological polar surface area (TPSA) is 45.8 Å². The molecular formula is C14H8BrClN2O. The maximum Gasteiger partial charge on any atom is 0.345 e. The summed E-state index contributed by atoms with van der Waals surface area (Å²) in [5.41, 5.74) is 1.69. The van der Waals surface area contributed by atoms with Crippen molar-refractivity contribution in [2.24, 2.45) is 0 Å². The number of rotatable bonds is 1. The predicted molar refractivity (Wildman–Crippen MR) is 80.5 cm³/mol. The van der Waals surface area contributed by atoms with Gasteiger partial charge in [-0.1, -0.05) is 45.7 Å². The number of nitrogens with zero attached hydrogens (tertiary/aromatic N) is 1. The maximum absolute atomic E-state index is 11.7. The molecule has 0 aliphatic carbocycles. The van der Waals surface area contributed by atoms with E-state index in [9.17, 15) is 4.79 Å². The highest BCUT2D eigenvalue weighted by Crippen LogP contribution is 2.31. The molecule has 0 unspecified atom stereocenters. The summed E-state index contributed by atoms with van der Waals surface area (Å²) in [7, 11) is 0. The van der Waals surface area contributed by atoms with E-state index < -0.39 is 0 Å². The fraction of sp³-hybridized carbons (Fsp3) is 0. The van der Waals surface area contributed by atoms with Crippen LogP contribution >= 0.6 is 27.5 Å². The van der Waals surface area contributed by atoms with Crippen molar-refractivity contribution in [2.75, 3.05) is 0 Å². The van der Waals surface area contributed by atoms with E-state index in [1.807, 2.05) is 36.4 Å². The summed E-state index contributed by atoms with van der Waals surface area (Å²) in [6.45, 7) is 0. The standard InChI is InChI=1S/C14H8BrClN2O/c15-8-5-6-12-10(7-8)13(18-14(19)17-12)9-3-1-2-4-11(9)16/h1-7H,(H,17,18,19). The predicted octanol–water partition coefficient (Wildman–Crippen LogP) is 4.01. The summed E-state index contributed by atoms with van der Waals surface area (Å²) >= 11 is 9.61. The number of nitrogens with one attached hydrogen (secondary N) is 1. The third kappa shape index (κ3) is 2.29. The first-order valence-electron chi connectivity index (χ1n) is 5.59. The Morgan fingerprint density at radius 1 is 1.16 bits per heavy atom. The molecule has 0 fully saturated rings. The Morgan fingerprint density at radius 3 is 2.74 bits per heavy atom. The molecule has 5 heteroatoms. The molecule has 0 radical (unpaired) electrons. The number of aromatic nitrogens is 2. The average Bonchev–Trinajstić information content (AvgIpc) is 2.39. The van der Waals surface area contributed by atoms with Crippen molar-refractivity contribution in [3.05, 3.63) is 62.4 Å². The molecule has 0 spiro atoms. The lowest BCUT2D eigenvalue weighted by atomic mass is 10.1. The van der Waals surface area contributed by atoms with Crippen LogP contribution in [0.25, 0.3) is 22.2 Å². The first-order valence-corrected chi connectivity index (χ1v) is 6.77. The van der Waals surface area contributed by atoms with Gasteiger partial charge in [0.2, 0.25) is 0 Å². The molecule has 19 heavy (non-hydrogen) atoms. The minimum absolute atomic E-state index is 0.384. The lowest BCUT2D eigenvalue weighted by Crippen LogP contribution is -2.11. The second-order valence-electron chi connectivity index (χ2n) is 4.06. The Morgan fingerprint density at radius 2 is 1.95 bits per heavy atom. The SMILES string of the molecule is O=c1nc(-c2ccccc2Cl)c2cc(Br)ccc2[nH]1. The zero-order valence-electron chi connectivity index (χ0n) is 9.65. The third-order valence-corrected chi connectivity index (χ3v) is 3.64. The molecule has 1 N–H and O–H groups in total. The smallest absolute Gasteiger partial charge is 0.305 e. The van der Waals surface area contributed by atoms with E-state index in [0.717, 1.165) is 20.9 Å². The summed E-state index contributed by atoms with van der Waals surface area (Å²) in [6, 6.07) is 13.0. The van der Waals surface area contributed by atoms with Crippen molar-refractivity contribution in [3.8, 4) is 11.3 Å². The van der Waals surface area contributed by atoms with Gasteiger partial charge in [0.1, 0.15) is 0 Å². The molecule has 0 aliphatic rings. The van der Waals surface area contributed by atoms with E-state index in [2.05, 4.69) is 25.9 Å². The molecule has 1 aromatic heterocycles. The Bertz CT molecular complexity index is 829. The zero-order chi connectivity index (χ0) is 13.4. The molecule has 3 rings (SSSR count). The van der Waals surface area contributed by atoms with Gasteiger partial charge in [0, 0.05) is 20.4 Å². The number of halogens is 2. The minimum Gasteiger partial charge on any atom is -0.305 e. The van der Waals surface area contributed by atoms with Crippen molar-refractivity contribution in [3.63, 3.8) is 0 Å². The van der Waals surface area contributed by atoms with E-state index in [-0.39, 0.29) is 5.69 Å². The number of hydrogen-bond donors (Lipinski definition) is 1. The summed E-state index contributed by atoms with van der Waals surface area (Å²) < 4.78 is 0.919. The highest BCUT2D eigenvalue weighted by molar-refractivity contribution is 9.10. The van der Waals surface area contributed by atoms with Gasteiger partial charge in [-0.25, -0.2) is 4.79 Å². The first-order chi connectivity index (χ1) is 9.15. The highest BCUT2D eigenvalue weighted by Gasteiger charge is 2.10.